The minimum Gasteiger partial charge on any atom is -0.378 e. The van der Waals surface area contributed by atoms with E-state index < -0.39 is 0 Å². The molecule has 1 amide bonds. The Bertz CT molecular complexity index is 362. The topological polar surface area (TPSA) is 32.3 Å². The van der Waals surface area contributed by atoms with Crippen molar-refractivity contribution >= 4 is 27.5 Å². The van der Waals surface area contributed by atoms with E-state index in [1.807, 2.05) is 43.3 Å². The summed E-state index contributed by atoms with van der Waals surface area (Å²) in [5, 5.41) is 2.90. The standard InChI is InChI=1S/C13H19BrN2O/c1-4-11(14)9-15-13(17)10-5-7-12(8-6-10)16(2)3/h5-8,11H,4,9H2,1-3H3,(H,15,17). The summed E-state index contributed by atoms with van der Waals surface area (Å²) in [6, 6.07) is 7.58. The van der Waals surface area contributed by atoms with Gasteiger partial charge in [0.15, 0.2) is 0 Å². The maximum atomic E-state index is 11.8. The molecule has 0 saturated heterocycles. The van der Waals surface area contributed by atoms with Gasteiger partial charge in [-0.2, -0.15) is 0 Å². The minimum atomic E-state index is -0.0202. The van der Waals surface area contributed by atoms with Crippen LogP contribution >= 0.6 is 15.9 Å². The highest BCUT2D eigenvalue weighted by atomic mass is 79.9. The van der Waals surface area contributed by atoms with E-state index in [0.717, 1.165) is 12.1 Å². The highest BCUT2D eigenvalue weighted by Crippen LogP contribution is 2.12. The zero-order valence-electron chi connectivity index (χ0n) is 10.5. The number of nitrogens with one attached hydrogen (secondary N) is 1. The molecule has 0 fully saturated rings. The summed E-state index contributed by atoms with van der Waals surface area (Å²) in [5.41, 5.74) is 1.79. The first kappa shape index (κ1) is 14.0. The van der Waals surface area contributed by atoms with Crippen molar-refractivity contribution in [2.75, 3.05) is 25.5 Å². The van der Waals surface area contributed by atoms with Crippen LogP contribution < -0.4 is 10.2 Å². The number of carbonyl (C=O) groups is 1. The molecular weight excluding hydrogens is 280 g/mol. The van der Waals surface area contributed by atoms with E-state index >= 15 is 0 Å². The molecule has 1 aromatic rings. The van der Waals surface area contributed by atoms with E-state index in [9.17, 15) is 4.79 Å². The zero-order chi connectivity index (χ0) is 12.8. The average molecular weight is 299 g/mol. The third-order valence-electron chi connectivity index (χ3n) is 2.57. The summed E-state index contributed by atoms with van der Waals surface area (Å²) in [7, 11) is 3.96. The van der Waals surface area contributed by atoms with Crippen LogP contribution in [0.2, 0.25) is 0 Å². The lowest BCUT2D eigenvalue weighted by Crippen LogP contribution is -2.29. The van der Waals surface area contributed by atoms with Crippen molar-refractivity contribution in [1.29, 1.82) is 0 Å². The van der Waals surface area contributed by atoms with Gasteiger partial charge in [0.05, 0.1) is 0 Å². The van der Waals surface area contributed by atoms with Crippen LogP contribution in [-0.4, -0.2) is 31.4 Å². The van der Waals surface area contributed by atoms with Gasteiger partial charge >= 0.3 is 0 Å². The van der Waals surface area contributed by atoms with Crippen molar-refractivity contribution in [2.24, 2.45) is 0 Å². The Labute approximate surface area is 111 Å². The van der Waals surface area contributed by atoms with E-state index in [0.29, 0.717) is 16.9 Å². The van der Waals surface area contributed by atoms with Gasteiger partial charge in [0.2, 0.25) is 0 Å². The normalized spacial score (nSPS) is 12.0. The molecule has 0 radical (unpaired) electrons. The second-order valence-corrected chi connectivity index (χ2v) is 5.45. The van der Waals surface area contributed by atoms with Gasteiger partial charge in [-0.15, -0.1) is 0 Å². The van der Waals surface area contributed by atoms with Gasteiger partial charge in [0.25, 0.3) is 5.91 Å². The second kappa shape index (κ2) is 6.64. The molecule has 1 unspecified atom stereocenters. The molecule has 0 aromatic heterocycles. The Morgan fingerprint density at radius 1 is 1.35 bits per heavy atom. The first-order valence-corrected chi connectivity index (χ1v) is 6.65. The number of rotatable bonds is 5. The summed E-state index contributed by atoms with van der Waals surface area (Å²) in [5.74, 6) is -0.0202. The SMILES string of the molecule is CCC(Br)CNC(=O)c1ccc(N(C)C)cc1. The fourth-order valence-electron chi connectivity index (χ4n) is 1.36. The van der Waals surface area contributed by atoms with E-state index in [4.69, 9.17) is 0 Å². The number of halogens is 1. The maximum absolute atomic E-state index is 11.8. The summed E-state index contributed by atoms with van der Waals surface area (Å²) in [4.78, 5) is 14.1. The molecule has 4 heteroatoms. The summed E-state index contributed by atoms with van der Waals surface area (Å²) in [6.07, 6.45) is 1.000. The zero-order valence-corrected chi connectivity index (χ0v) is 12.1. The Hall–Kier alpha value is -1.03. The van der Waals surface area contributed by atoms with Crippen molar-refractivity contribution in [2.45, 2.75) is 18.2 Å². The van der Waals surface area contributed by atoms with Crippen LogP contribution in [0.15, 0.2) is 24.3 Å². The molecule has 0 heterocycles. The van der Waals surface area contributed by atoms with Crippen LogP contribution in [0.4, 0.5) is 5.69 Å². The number of carbonyl (C=O) groups excluding carboxylic acids is 1. The van der Waals surface area contributed by atoms with E-state index in [1.54, 1.807) is 0 Å². The molecule has 3 nitrogen and oxygen atoms in total. The van der Waals surface area contributed by atoms with Crippen LogP contribution in [0.3, 0.4) is 0 Å². The molecule has 0 spiro atoms. The summed E-state index contributed by atoms with van der Waals surface area (Å²) >= 11 is 3.49. The fourth-order valence-corrected chi connectivity index (χ4v) is 1.52. The molecule has 0 aliphatic carbocycles. The molecule has 1 aromatic carbocycles. The molecule has 0 aliphatic rings. The lowest BCUT2D eigenvalue weighted by molar-refractivity contribution is 0.0954. The van der Waals surface area contributed by atoms with Crippen LogP contribution in [0.25, 0.3) is 0 Å². The number of nitrogens with zero attached hydrogens (tertiary/aromatic N) is 1. The molecule has 1 atom stereocenters. The Morgan fingerprint density at radius 2 is 1.94 bits per heavy atom. The summed E-state index contributed by atoms with van der Waals surface area (Å²) < 4.78 is 0. The monoisotopic (exact) mass is 298 g/mol. The first-order chi connectivity index (χ1) is 8.04. The van der Waals surface area contributed by atoms with Crippen molar-refractivity contribution < 1.29 is 4.79 Å². The Morgan fingerprint density at radius 3 is 2.41 bits per heavy atom. The molecule has 0 bridgehead atoms. The first-order valence-electron chi connectivity index (χ1n) is 5.74. The van der Waals surface area contributed by atoms with E-state index in [2.05, 4.69) is 28.2 Å². The number of anilines is 1. The molecule has 0 saturated carbocycles. The molecule has 1 rings (SSSR count). The fraction of sp³-hybridized carbons (Fsp3) is 0.462. The third-order valence-corrected chi connectivity index (χ3v) is 3.54. The van der Waals surface area contributed by atoms with Gasteiger partial charge in [0, 0.05) is 36.7 Å². The van der Waals surface area contributed by atoms with E-state index in [1.165, 1.54) is 0 Å². The lowest BCUT2D eigenvalue weighted by atomic mass is 10.2. The predicted octanol–water partition coefficient (Wildman–Crippen LogP) is 2.66. The van der Waals surface area contributed by atoms with Crippen LogP contribution in [0, 0.1) is 0 Å². The lowest BCUT2D eigenvalue weighted by Gasteiger charge is -2.13. The van der Waals surface area contributed by atoms with Crippen molar-refractivity contribution in [1.82, 2.24) is 5.32 Å². The summed E-state index contributed by atoms with van der Waals surface area (Å²) in [6.45, 7) is 2.74. The number of hydrogen-bond acceptors (Lipinski definition) is 2. The number of hydrogen-bond donors (Lipinski definition) is 1. The van der Waals surface area contributed by atoms with Gasteiger partial charge in [-0.25, -0.2) is 0 Å². The Balaban J connectivity index is 2.58. The number of alkyl halides is 1. The largest absolute Gasteiger partial charge is 0.378 e. The van der Waals surface area contributed by atoms with E-state index in [-0.39, 0.29) is 5.91 Å². The molecule has 1 N–H and O–H groups in total. The van der Waals surface area contributed by atoms with Gasteiger partial charge < -0.3 is 10.2 Å². The highest BCUT2D eigenvalue weighted by Gasteiger charge is 2.07. The molecule has 0 aliphatic heterocycles. The second-order valence-electron chi connectivity index (χ2n) is 4.16. The smallest absolute Gasteiger partial charge is 0.251 e. The van der Waals surface area contributed by atoms with Gasteiger partial charge in [-0.1, -0.05) is 22.9 Å². The molecule has 94 valence electrons. The quantitative estimate of drug-likeness (QED) is 0.848. The predicted molar refractivity (Wildman–Crippen MR) is 76.1 cm³/mol. The van der Waals surface area contributed by atoms with Gasteiger partial charge in [-0.05, 0) is 30.7 Å². The van der Waals surface area contributed by atoms with Crippen LogP contribution in [0.5, 0.6) is 0 Å². The van der Waals surface area contributed by atoms with Gasteiger partial charge in [-0.3, -0.25) is 4.79 Å². The van der Waals surface area contributed by atoms with Crippen molar-refractivity contribution in [3.05, 3.63) is 29.8 Å². The number of benzene rings is 1. The highest BCUT2D eigenvalue weighted by molar-refractivity contribution is 9.09. The average Bonchev–Trinajstić information content (AvgIpc) is 2.35. The Kier molecular flexibility index (Phi) is 5.48. The molecular formula is C13H19BrN2O. The van der Waals surface area contributed by atoms with Gasteiger partial charge in [0.1, 0.15) is 0 Å². The van der Waals surface area contributed by atoms with Crippen molar-refractivity contribution in [3.8, 4) is 0 Å². The van der Waals surface area contributed by atoms with Crippen LogP contribution in [-0.2, 0) is 0 Å². The third kappa shape index (κ3) is 4.38. The number of amides is 1. The van der Waals surface area contributed by atoms with Crippen molar-refractivity contribution in [3.63, 3.8) is 0 Å². The molecule has 17 heavy (non-hydrogen) atoms. The minimum absolute atomic E-state index is 0.0202. The maximum Gasteiger partial charge on any atom is 0.251 e. The van der Waals surface area contributed by atoms with Crippen LogP contribution in [0.1, 0.15) is 23.7 Å².